The lowest BCUT2D eigenvalue weighted by molar-refractivity contribution is -0.129. The van der Waals surface area contributed by atoms with Crippen molar-refractivity contribution >= 4 is 11.6 Å². The Morgan fingerprint density at radius 1 is 1.35 bits per heavy atom. The van der Waals surface area contributed by atoms with Crippen molar-refractivity contribution in [1.82, 2.24) is 5.32 Å². The van der Waals surface area contributed by atoms with Gasteiger partial charge in [-0.3, -0.25) is 4.79 Å². The monoisotopic (exact) mass is 272 g/mol. The molecule has 0 aliphatic carbocycles. The zero-order chi connectivity index (χ0) is 14.0. The number of rotatable bonds is 2. The van der Waals surface area contributed by atoms with Gasteiger partial charge in [-0.25, -0.2) is 0 Å². The Labute approximate surface area is 121 Å². The molecule has 1 atom stereocenters. The topological polar surface area (TPSA) is 32.3 Å². The SMILES string of the molecule is CCC1(C(=O)N2CCCc3ccccc32)CCCNC1. The molecule has 0 saturated carbocycles. The largest absolute Gasteiger partial charge is 0.316 e. The molecular weight excluding hydrogens is 248 g/mol. The van der Waals surface area contributed by atoms with Crippen LogP contribution in [0.25, 0.3) is 0 Å². The minimum absolute atomic E-state index is 0.192. The van der Waals surface area contributed by atoms with Crippen LogP contribution in [0.4, 0.5) is 5.69 Å². The summed E-state index contributed by atoms with van der Waals surface area (Å²) in [5, 5.41) is 3.42. The molecule has 1 aromatic rings. The van der Waals surface area contributed by atoms with E-state index in [4.69, 9.17) is 0 Å². The average Bonchev–Trinajstić information content (AvgIpc) is 2.54. The van der Waals surface area contributed by atoms with Gasteiger partial charge in [0.25, 0.3) is 0 Å². The lowest BCUT2D eigenvalue weighted by Crippen LogP contribution is -2.52. The molecule has 20 heavy (non-hydrogen) atoms. The highest BCUT2D eigenvalue weighted by atomic mass is 16.2. The highest BCUT2D eigenvalue weighted by Crippen LogP contribution is 2.36. The second-order valence-corrected chi connectivity index (χ2v) is 6.10. The van der Waals surface area contributed by atoms with Gasteiger partial charge in [-0.15, -0.1) is 0 Å². The van der Waals surface area contributed by atoms with Gasteiger partial charge in [0.15, 0.2) is 0 Å². The third kappa shape index (κ3) is 2.24. The van der Waals surface area contributed by atoms with Crippen molar-refractivity contribution in [2.45, 2.75) is 39.0 Å². The normalized spacial score (nSPS) is 26.1. The van der Waals surface area contributed by atoms with Crippen molar-refractivity contribution in [1.29, 1.82) is 0 Å². The van der Waals surface area contributed by atoms with E-state index in [0.717, 1.165) is 57.4 Å². The van der Waals surface area contributed by atoms with E-state index >= 15 is 0 Å². The first kappa shape index (κ1) is 13.6. The molecule has 1 unspecified atom stereocenters. The standard InChI is InChI=1S/C17H24N2O/c1-2-17(10-6-11-18-13-17)16(20)19-12-5-8-14-7-3-4-9-15(14)19/h3-4,7,9,18H,2,5-6,8,10-13H2,1H3. The Morgan fingerprint density at radius 3 is 2.95 bits per heavy atom. The van der Waals surface area contributed by atoms with Gasteiger partial charge in [-0.2, -0.15) is 0 Å². The van der Waals surface area contributed by atoms with E-state index < -0.39 is 0 Å². The quantitative estimate of drug-likeness (QED) is 0.898. The van der Waals surface area contributed by atoms with Gasteiger partial charge >= 0.3 is 0 Å². The molecule has 0 radical (unpaired) electrons. The number of carbonyl (C=O) groups is 1. The Bertz CT molecular complexity index is 492. The minimum atomic E-state index is -0.192. The maximum Gasteiger partial charge on any atom is 0.234 e. The number of amides is 1. The van der Waals surface area contributed by atoms with Crippen LogP contribution < -0.4 is 10.2 Å². The molecule has 3 nitrogen and oxygen atoms in total. The van der Waals surface area contributed by atoms with Crippen molar-refractivity contribution in [3.63, 3.8) is 0 Å². The van der Waals surface area contributed by atoms with E-state index in [0.29, 0.717) is 5.91 Å². The van der Waals surface area contributed by atoms with E-state index in [2.05, 4.69) is 35.3 Å². The molecular formula is C17H24N2O. The number of benzene rings is 1. The van der Waals surface area contributed by atoms with Crippen LogP contribution in [0.3, 0.4) is 0 Å². The molecule has 1 amide bonds. The number of aryl methyl sites for hydroxylation is 1. The summed E-state index contributed by atoms with van der Waals surface area (Å²) in [4.78, 5) is 15.2. The Balaban J connectivity index is 1.91. The fourth-order valence-corrected chi connectivity index (χ4v) is 3.63. The van der Waals surface area contributed by atoms with Crippen LogP contribution in [0.15, 0.2) is 24.3 Å². The maximum absolute atomic E-state index is 13.2. The van der Waals surface area contributed by atoms with Gasteiger partial charge in [0.1, 0.15) is 0 Å². The fraction of sp³-hybridized carbons (Fsp3) is 0.588. The number of carbonyl (C=O) groups excluding carboxylic acids is 1. The van der Waals surface area contributed by atoms with Gasteiger partial charge in [-0.05, 0) is 50.3 Å². The molecule has 2 aliphatic heterocycles. The number of nitrogens with zero attached hydrogens (tertiary/aromatic N) is 1. The summed E-state index contributed by atoms with van der Waals surface area (Å²) in [6, 6.07) is 8.38. The number of para-hydroxylation sites is 1. The number of hydrogen-bond donors (Lipinski definition) is 1. The molecule has 1 aromatic carbocycles. The second-order valence-electron chi connectivity index (χ2n) is 6.10. The lowest BCUT2D eigenvalue weighted by atomic mass is 9.76. The molecule has 0 bridgehead atoms. The van der Waals surface area contributed by atoms with Crippen molar-refractivity contribution < 1.29 is 4.79 Å². The van der Waals surface area contributed by atoms with Crippen LogP contribution in [0, 0.1) is 5.41 Å². The number of nitrogens with one attached hydrogen (secondary N) is 1. The lowest BCUT2D eigenvalue weighted by Gasteiger charge is -2.41. The number of hydrogen-bond acceptors (Lipinski definition) is 2. The third-order valence-electron chi connectivity index (χ3n) is 4.96. The van der Waals surface area contributed by atoms with Crippen LogP contribution in [-0.4, -0.2) is 25.5 Å². The molecule has 2 heterocycles. The Morgan fingerprint density at radius 2 is 2.20 bits per heavy atom. The van der Waals surface area contributed by atoms with Crippen molar-refractivity contribution in [2.24, 2.45) is 5.41 Å². The predicted octanol–water partition coefficient (Wildman–Crippen LogP) is 2.75. The van der Waals surface area contributed by atoms with E-state index in [1.54, 1.807) is 0 Å². The molecule has 1 N–H and O–H groups in total. The van der Waals surface area contributed by atoms with Crippen LogP contribution >= 0.6 is 0 Å². The molecule has 0 spiro atoms. The summed E-state index contributed by atoms with van der Waals surface area (Å²) in [5.41, 5.74) is 2.27. The molecule has 2 aliphatic rings. The Kier molecular flexibility index (Phi) is 3.79. The van der Waals surface area contributed by atoms with Gasteiger partial charge in [0, 0.05) is 18.8 Å². The highest BCUT2D eigenvalue weighted by Gasteiger charge is 2.41. The minimum Gasteiger partial charge on any atom is -0.316 e. The van der Waals surface area contributed by atoms with E-state index in [1.165, 1.54) is 5.56 Å². The fourth-order valence-electron chi connectivity index (χ4n) is 3.63. The van der Waals surface area contributed by atoms with Gasteiger partial charge in [-0.1, -0.05) is 25.1 Å². The van der Waals surface area contributed by atoms with Gasteiger partial charge in [0.05, 0.1) is 5.41 Å². The summed E-state index contributed by atoms with van der Waals surface area (Å²) >= 11 is 0. The smallest absolute Gasteiger partial charge is 0.234 e. The van der Waals surface area contributed by atoms with Gasteiger partial charge < -0.3 is 10.2 Å². The van der Waals surface area contributed by atoms with Crippen molar-refractivity contribution in [3.05, 3.63) is 29.8 Å². The number of piperidine rings is 1. The summed E-state index contributed by atoms with van der Waals surface area (Å²) in [5.74, 6) is 0.333. The first-order valence-corrected chi connectivity index (χ1v) is 7.87. The summed E-state index contributed by atoms with van der Waals surface area (Å²) < 4.78 is 0. The Hall–Kier alpha value is -1.35. The molecule has 1 fully saturated rings. The zero-order valence-corrected chi connectivity index (χ0v) is 12.3. The van der Waals surface area contributed by atoms with Gasteiger partial charge in [0.2, 0.25) is 5.91 Å². The average molecular weight is 272 g/mol. The first-order valence-electron chi connectivity index (χ1n) is 7.87. The molecule has 3 rings (SSSR count). The molecule has 108 valence electrons. The molecule has 3 heteroatoms. The van der Waals surface area contributed by atoms with E-state index in [1.807, 2.05) is 6.07 Å². The summed E-state index contributed by atoms with van der Waals surface area (Å²) in [7, 11) is 0. The predicted molar refractivity (Wildman–Crippen MR) is 81.9 cm³/mol. The van der Waals surface area contributed by atoms with Crippen LogP contribution in [0.1, 0.15) is 38.2 Å². The van der Waals surface area contributed by atoms with Crippen LogP contribution in [0.5, 0.6) is 0 Å². The number of fused-ring (bicyclic) bond motifs is 1. The van der Waals surface area contributed by atoms with Crippen LogP contribution in [-0.2, 0) is 11.2 Å². The van der Waals surface area contributed by atoms with E-state index in [-0.39, 0.29) is 5.41 Å². The van der Waals surface area contributed by atoms with Crippen molar-refractivity contribution in [2.75, 3.05) is 24.5 Å². The maximum atomic E-state index is 13.2. The zero-order valence-electron chi connectivity index (χ0n) is 12.3. The molecule has 0 aromatic heterocycles. The second kappa shape index (κ2) is 5.57. The van der Waals surface area contributed by atoms with E-state index in [9.17, 15) is 4.79 Å². The third-order valence-corrected chi connectivity index (χ3v) is 4.96. The summed E-state index contributed by atoms with van der Waals surface area (Å²) in [6.07, 6.45) is 5.23. The van der Waals surface area contributed by atoms with Crippen molar-refractivity contribution in [3.8, 4) is 0 Å². The molecule has 1 saturated heterocycles. The summed E-state index contributed by atoms with van der Waals surface area (Å²) in [6.45, 7) is 4.91. The highest BCUT2D eigenvalue weighted by molar-refractivity contribution is 5.98. The first-order chi connectivity index (χ1) is 9.77. The number of anilines is 1. The van der Waals surface area contributed by atoms with Crippen LogP contribution in [0.2, 0.25) is 0 Å².